The smallest absolute Gasteiger partial charge is 0.279 e. The number of anilines is 1. The zero-order chi connectivity index (χ0) is 22.1. The van der Waals surface area contributed by atoms with Crippen molar-refractivity contribution in [3.8, 4) is 11.5 Å². The Balaban J connectivity index is 1.71. The lowest BCUT2D eigenvalue weighted by Crippen LogP contribution is -2.47. The molecule has 160 valence electrons. The molecular weight excluding hydrogens is 410 g/mol. The lowest BCUT2D eigenvalue weighted by atomic mass is 10.2. The molecule has 0 radical (unpaired) electrons. The summed E-state index contributed by atoms with van der Waals surface area (Å²) in [5.41, 5.74) is 5.88. The van der Waals surface area contributed by atoms with Crippen LogP contribution in [0.2, 0.25) is 5.02 Å². The van der Waals surface area contributed by atoms with Crippen molar-refractivity contribution in [2.24, 2.45) is 0 Å². The highest BCUT2D eigenvalue weighted by atomic mass is 35.5. The van der Waals surface area contributed by atoms with E-state index >= 15 is 0 Å². The minimum Gasteiger partial charge on any atom is -0.497 e. The van der Waals surface area contributed by atoms with E-state index in [1.807, 2.05) is 0 Å². The van der Waals surface area contributed by atoms with Crippen LogP contribution in [0.5, 0.6) is 11.5 Å². The van der Waals surface area contributed by atoms with Crippen LogP contribution in [0.4, 0.5) is 5.69 Å². The van der Waals surface area contributed by atoms with E-state index in [0.29, 0.717) is 22.2 Å². The summed E-state index contributed by atoms with van der Waals surface area (Å²) in [7, 11) is 1.55. The fourth-order valence-electron chi connectivity index (χ4n) is 2.39. The number of amides is 3. The Morgan fingerprint density at radius 1 is 0.967 bits per heavy atom. The molecule has 0 aliphatic heterocycles. The van der Waals surface area contributed by atoms with Crippen LogP contribution >= 0.6 is 11.6 Å². The van der Waals surface area contributed by atoms with Crippen molar-refractivity contribution < 1.29 is 23.9 Å². The molecule has 2 aromatic carbocycles. The lowest BCUT2D eigenvalue weighted by Gasteiger charge is -2.15. The minimum atomic E-state index is -0.840. The van der Waals surface area contributed by atoms with Crippen LogP contribution in [-0.4, -0.2) is 30.9 Å². The second-order valence-corrected chi connectivity index (χ2v) is 6.84. The Hall–Kier alpha value is -3.26. The molecule has 0 spiro atoms. The van der Waals surface area contributed by atoms with Crippen LogP contribution < -0.4 is 25.6 Å². The SMILES string of the molecule is COc1ccc(OC(C)C(=O)NNC(=O)CCC(=O)Nc2cccc(Cl)c2C)cc1. The molecule has 8 nitrogen and oxygen atoms in total. The molecule has 3 N–H and O–H groups in total. The van der Waals surface area contributed by atoms with Crippen molar-refractivity contribution in [3.63, 3.8) is 0 Å². The van der Waals surface area contributed by atoms with Gasteiger partial charge in [0.15, 0.2) is 6.10 Å². The number of carbonyl (C=O) groups is 3. The predicted octanol–water partition coefficient (Wildman–Crippen LogP) is 2.99. The lowest BCUT2D eigenvalue weighted by molar-refractivity contribution is -0.133. The molecule has 0 aliphatic carbocycles. The first-order chi connectivity index (χ1) is 14.3. The Labute approximate surface area is 179 Å². The third-order valence-electron chi connectivity index (χ3n) is 4.19. The fourth-order valence-corrected chi connectivity index (χ4v) is 2.56. The number of hydrogen-bond acceptors (Lipinski definition) is 5. The Morgan fingerprint density at radius 2 is 1.60 bits per heavy atom. The van der Waals surface area contributed by atoms with E-state index in [1.54, 1.807) is 63.4 Å². The van der Waals surface area contributed by atoms with Crippen molar-refractivity contribution in [2.45, 2.75) is 32.8 Å². The van der Waals surface area contributed by atoms with Crippen molar-refractivity contribution in [2.75, 3.05) is 12.4 Å². The summed E-state index contributed by atoms with van der Waals surface area (Å²) in [4.78, 5) is 36.0. The topological polar surface area (TPSA) is 106 Å². The molecule has 1 atom stereocenters. The second kappa shape index (κ2) is 11.1. The molecule has 1 unspecified atom stereocenters. The quantitative estimate of drug-likeness (QED) is 0.555. The molecule has 0 fully saturated rings. The number of hydrazine groups is 1. The third-order valence-corrected chi connectivity index (χ3v) is 4.60. The Morgan fingerprint density at radius 3 is 2.27 bits per heavy atom. The highest BCUT2D eigenvalue weighted by Gasteiger charge is 2.16. The van der Waals surface area contributed by atoms with Gasteiger partial charge < -0.3 is 14.8 Å². The molecule has 2 rings (SSSR count). The molecule has 0 aliphatic rings. The van der Waals surface area contributed by atoms with Gasteiger partial charge in [-0.2, -0.15) is 0 Å². The van der Waals surface area contributed by atoms with Gasteiger partial charge in [0.25, 0.3) is 5.91 Å². The molecule has 0 saturated heterocycles. The molecular formula is C21H24ClN3O5. The van der Waals surface area contributed by atoms with Crippen LogP contribution in [0.3, 0.4) is 0 Å². The van der Waals surface area contributed by atoms with Crippen LogP contribution in [0, 0.1) is 6.92 Å². The molecule has 9 heteroatoms. The number of carbonyl (C=O) groups excluding carboxylic acids is 3. The average molecular weight is 434 g/mol. The summed E-state index contributed by atoms with van der Waals surface area (Å²) in [5, 5.41) is 3.25. The van der Waals surface area contributed by atoms with Gasteiger partial charge in [0.05, 0.1) is 7.11 Å². The van der Waals surface area contributed by atoms with Gasteiger partial charge in [-0.25, -0.2) is 0 Å². The van der Waals surface area contributed by atoms with Gasteiger partial charge in [-0.05, 0) is 55.8 Å². The van der Waals surface area contributed by atoms with E-state index in [2.05, 4.69) is 16.2 Å². The van der Waals surface area contributed by atoms with Gasteiger partial charge in [-0.1, -0.05) is 17.7 Å². The van der Waals surface area contributed by atoms with Crippen LogP contribution in [0.25, 0.3) is 0 Å². The van der Waals surface area contributed by atoms with Crippen LogP contribution in [0.15, 0.2) is 42.5 Å². The van der Waals surface area contributed by atoms with Gasteiger partial charge in [-0.15, -0.1) is 0 Å². The first-order valence-corrected chi connectivity index (χ1v) is 9.62. The highest BCUT2D eigenvalue weighted by molar-refractivity contribution is 6.31. The highest BCUT2D eigenvalue weighted by Crippen LogP contribution is 2.23. The number of ether oxygens (including phenoxy) is 2. The van der Waals surface area contributed by atoms with Crippen molar-refractivity contribution >= 4 is 35.0 Å². The summed E-state index contributed by atoms with van der Waals surface area (Å²) in [6, 6.07) is 11.9. The summed E-state index contributed by atoms with van der Waals surface area (Å²) in [6.45, 7) is 3.34. The predicted molar refractivity (Wildman–Crippen MR) is 113 cm³/mol. The van der Waals surface area contributed by atoms with Crippen LogP contribution in [-0.2, 0) is 14.4 Å². The average Bonchev–Trinajstić information content (AvgIpc) is 2.74. The van der Waals surface area contributed by atoms with Gasteiger partial charge in [0.2, 0.25) is 11.8 Å². The summed E-state index contributed by atoms with van der Waals surface area (Å²) >= 11 is 6.01. The molecule has 3 amide bonds. The summed E-state index contributed by atoms with van der Waals surface area (Å²) < 4.78 is 10.6. The number of halogens is 1. The summed E-state index contributed by atoms with van der Waals surface area (Å²) in [5.74, 6) is -0.215. The zero-order valence-electron chi connectivity index (χ0n) is 17.0. The van der Waals surface area contributed by atoms with E-state index in [0.717, 1.165) is 5.56 Å². The number of hydrogen-bond donors (Lipinski definition) is 3. The largest absolute Gasteiger partial charge is 0.497 e. The van der Waals surface area contributed by atoms with Gasteiger partial charge >= 0.3 is 0 Å². The molecule has 0 aromatic heterocycles. The standard InChI is InChI=1S/C21H24ClN3O5/c1-13-17(22)5-4-6-18(13)23-19(26)11-12-20(27)24-25-21(28)14(2)30-16-9-7-15(29-3)8-10-16/h4-10,14H,11-12H2,1-3H3,(H,23,26)(H,24,27)(H,25,28). The van der Waals surface area contributed by atoms with Crippen molar-refractivity contribution in [1.82, 2.24) is 10.9 Å². The molecule has 2 aromatic rings. The summed E-state index contributed by atoms with van der Waals surface area (Å²) in [6.07, 6.45) is -0.988. The molecule has 0 heterocycles. The monoisotopic (exact) mass is 433 g/mol. The minimum absolute atomic E-state index is 0.0500. The second-order valence-electron chi connectivity index (χ2n) is 6.43. The van der Waals surface area contributed by atoms with E-state index in [4.69, 9.17) is 21.1 Å². The van der Waals surface area contributed by atoms with Gasteiger partial charge in [-0.3, -0.25) is 25.2 Å². The maximum atomic E-state index is 12.1. The van der Waals surface area contributed by atoms with Crippen molar-refractivity contribution in [3.05, 3.63) is 53.1 Å². The maximum absolute atomic E-state index is 12.1. The van der Waals surface area contributed by atoms with E-state index in [-0.39, 0.29) is 18.7 Å². The molecule has 0 bridgehead atoms. The third kappa shape index (κ3) is 6.97. The number of benzene rings is 2. The fraction of sp³-hybridized carbons (Fsp3) is 0.286. The van der Waals surface area contributed by atoms with E-state index in [9.17, 15) is 14.4 Å². The van der Waals surface area contributed by atoms with Gasteiger partial charge in [0.1, 0.15) is 11.5 Å². The van der Waals surface area contributed by atoms with E-state index in [1.165, 1.54) is 0 Å². The van der Waals surface area contributed by atoms with E-state index < -0.39 is 17.9 Å². The molecule has 0 saturated carbocycles. The first-order valence-electron chi connectivity index (χ1n) is 9.24. The van der Waals surface area contributed by atoms with Crippen LogP contribution in [0.1, 0.15) is 25.3 Å². The zero-order valence-corrected chi connectivity index (χ0v) is 17.7. The Bertz CT molecular complexity index is 902. The number of methoxy groups -OCH3 is 1. The molecule has 30 heavy (non-hydrogen) atoms. The maximum Gasteiger partial charge on any atom is 0.279 e. The van der Waals surface area contributed by atoms with Crippen molar-refractivity contribution in [1.29, 1.82) is 0 Å². The normalized spacial score (nSPS) is 11.2. The number of rotatable bonds is 8. The first kappa shape index (κ1) is 23.0. The van der Waals surface area contributed by atoms with Gasteiger partial charge in [0, 0.05) is 23.6 Å². The number of nitrogens with one attached hydrogen (secondary N) is 3. The Kier molecular flexibility index (Phi) is 8.49.